The molecule has 0 radical (unpaired) electrons. The summed E-state index contributed by atoms with van der Waals surface area (Å²) in [5.41, 5.74) is 2.59. The summed E-state index contributed by atoms with van der Waals surface area (Å²) < 4.78 is 22.1. The van der Waals surface area contributed by atoms with Crippen molar-refractivity contribution in [2.75, 3.05) is 7.11 Å². The number of carbonyl (C=O) groups is 1. The second kappa shape index (κ2) is 10.4. The Morgan fingerprint density at radius 1 is 1.21 bits per heavy atom. The fourth-order valence-electron chi connectivity index (χ4n) is 4.20. The zero-order chi connectivity index (χ0) is 23.2. The van der Waals surface area contributed by atoms with Crippen molar-refractivity contribution in [1.29, 1.82) is 0 Å². The molecule has 1 aliphatic rings. The molecule has 1 saturated carbocycles. The molecule has 7 heteroatoms. The van der Waals surface area contributed by atoms with E-state index in [1.165, 1.54) is 0 Å². The lowest BCUT2D eigenvalue weighted by molar-refractivity contribution is -0.129. The summed E-state index contributed by atoms with van der Waals surface area (Å²) >= 11 is 0. The SMILES string of the molecule is COc1cc(/C=C/C(=O)N(Cc2ccco2)C2CCCC2)ccc1OCc1c(C)noc1C. The van der Waals surface area contributed by atoms with E-state index in [0.717, 1.165) is 54.0 Å². The van der Waals surface area contributed by atoms with Gasteiger partial charge in [-0.25, -0.2) is 0 Å². The number of hydrogen-bond acceptors (Lipinski definition) is 6. The van der Waals surface area contributed by atoms with Gasteiger partial charge in [-0.05, 0) is 62.6 Å². The number of methoxy groups -OCH3 is 1. The number of amides is 1. The van der Waals surface area contributed by atoms with E-state index in [4.69, 9.17) is 18.4 Å². The first-order valence-electron chi connectivity index (χ1n) is 11.3. The maximum atomic E-state index is 13.1. The number of aromatic nitrogens is 1. The van der Waals surface area contributed by atoms with Crippen LogP contribution in [0.5, 0.6) is 11.5 Å². The number of benzene rings is 1. The zero-order valence-electron chi connectivity index (χ0n) is 19.4. The van der Waals surface area contributed by atoms with Crippen molar-refractivity contribution in [3.63, 3.8) is 0 Å². The van der Waals surface area contributed by atoms with Crippen molar-refractivity contribution in [2.24, 2.45) is 0 Å². The highest BCUT2D eigenvalue weighted by molar-refractivity contribution is 5.92. The van der Waals surface area contributed by atoms with Crippen LogP contribution in [0.3, 0.4) is 0 Å². The van der Waals surface area contributed by atoms with Gasteiger partial charge in [-0.2, -0.15) is 0 Å². The van der Waals surface area contributed by atoms with Crippen LogP contribution in [-0.2, 0) is 17.9 Å². The molecule has 1 amide bonds. The summed E-state index contributed by atoms with van der Waals surface area (Å²) in [6.07, 6.45) is 9.46. The van der Waals surface area contributed by atoms with Gasteiger partial charge in [0.05, 0.1) is 31.2 Å². The highest BCUT2D eigenvalue weighted by Crippen LogP contribution is 2.30. The van der Waals surface area contributed by atoms with Crippen molar-refractivity contribution in [3.05, 3.63) is 71.0 Å². The molecule has 33 heavy (non-hydrogen) atoms. The number of ether oxygens (including phenoxy) is 2. The minimum Gasteiger partial charge on any atom is -0.493 e. The molecule has 0 saturated heterocycles. The molecule has 1 fully saturated rings. The van der Waals surface area contributed by atoms with Crippen LogP contribution < -0.4 is 9.47 Å². The molecule has 1 aliphatic carbocycles. The Bertz CT molecular complexity index is 1070. The number of rotatable bonds is 9. The van der Waals surface area contributed by atoms with E-state index in [9.17, 15) is 4.79 Å². The Morgan fingerprint density at radius 2 is 2.03 bits per heavy atom. The van der Waals surface area contributed by atoms with Crippen LogP contribution in [-0.4, -0.2) is 29.1 Å². The van der Waals surface area contributed by atoms with Gasteiger partial charge >= 0.3 is 0 Å². The van der Waals surface area contributed by atoms with E-state index in [1.807, 2.05) is 55.2 Å². The highest BCUT2D eigenvalue weighted by Gasteiger charge is 2.26. The van der Waals surface area contributed by atoms with Gasteiger partial charge in [0.25, 0.3) is 0 Å². The molecule has 0 spiro atoms. The van der Waals surface area contributed by atoms with E-state index in [2.05, 4.69) is 5.16 Å². The molecule has 3 aromatic rings. The molecule has 0 unspecified atom stereocenters. The van der Waals surface area contributed by atoms with E-state index in [-0.39, 0.29) is 11.9 Å². The molecule has 0 N–H and O–H groups in total. The molecule has 2 aromatic heterocycles. The topological polar surface area (TPSA) is 77.9 Å². The number of aryl methyl sites for hydroxylation is 2. The van der Waals surface area contributed by atoms with Gasteiger partial charge in [0, 0.05) is 12.1 Å². The van der Waals surface area contributed by atoms with Gasteiger partial charge in [0.2, 0.25) is 5.91 Å². The van der Waals surface area contributed by atoms with E-state index in [0.29, 0.717) is 24.7 Å². The Balaban J connectivity index is 1.45. The van der Waals surface area contributed by atoms with Crippen molar-refractivity contribution >= 4 is 12.0 Å². The smallest absolute Gasteiger partial charge is 0.247 e. The Hall–Kier alpha value is -3.48. The molecule has 174 valence electrons. The third kappa shape index (κ3) is 5.48. The zero-order valence-corrected chi connectivity index (χ0v) is 19.4. The lowest BCUT2D eigenvalue weighted by Crippen LogP contribution is -2.37. The first kappa shape index (κ1) is 22.7. The maximum Gasteiger partial charge on any atom is 0.247 e. The van der Waals surface area contributed by atoms with Crippen LogP contribution >= 0.6 is 0 Å². The second-order valence-corrected chi connectivity index (χ2v) is 8.32. The molecule has 1 aromatic carbocycles. The molecular weight excluding hydrogens is 420 g/mol. The number of furan rings is 1. The van der Waals surface area contributed by atoms with Gasteiger partial charge in [0.1, 0.15) is 18.1 Å². The number of carbonyl (C=O) groups excluding carboxylic acids is 1. The summed E-state index contributed by atoms with van der Waals surface area (Å²) in [7, 11) is 1.60. The summed E-state index contributed by atoms with van der Waals surface area (Å²) in [6.45, 7) is 4.58. The fraction of sp³-hybridized carbons (Fsp3) is 0.385. The lowest BCUT2D eigenvalue weighted by atomic mass is 10.1. The van der Waals surface area contributed by atoms with E-state index >= 15 is 0 Å². The standard InChI is InChI=1S/C26H30N2O5/c1-18-23(19(2)33-27-18)17-32-24-12-10-20(15-25(24)30-3)11-13-26(29)28(21-7-4-5-8-21)16-22-9-6-14-31-22/h6,9-15,21H,4-5,7-8,16-17H2,1-3H3/b13-11+. The molecule has 0 bridgehead atoms. The normalized spacial score (nSPS) is 14.2. The van der Waals surface area contributed by atoms with E-state index < -0.39 is 0 Å². The quantitative estimate of drug-likeness (QED) is 0.403. The van der Waals surface area contributed by atoms with Crippen molar-refractivity contribution in [2.45, 2.75) is 58.7 Å². The molecule has 7 nitrogen and oxygen atoms in total. The third-order valence-electron chi connectivity index (χ3n) is 6.11. The monoisotopic (exact) mass is 450 g/mol. The van der Waals surface area contributed by atoms with Crippen LogP contribution in [0.1, 0.15) is 54.0 Å². The van der Waals surface area contributed by atoms with Crippen LogP contribution in [0.2, 0.25) is 0 Å². The van der Waals surface area contributed by atoms with Crippen LogP contribution in [0.4, 0.5) is 0 Å². The Morgan fingerprint density at radius 3 is 2.70 bits per heavy atom. The first-order chi connectivity index (χ1) is 16.0. The molecular formula is C26H30N2O5. The van der Waals surface area contributed by atoms with Crippen LogP contribution in [0, 0.1) is 13.8 Å². The summed E-state index contributed by atoms with van der Waals surface area (Å²) in [6, 6.07) is 9.62. The largest absolute Gasteiger partial charge is 0.493 e. The van der Waals surface area contributed by atoms with E-state index in [1.54, 1.807) is 19.4 Å². The summed E-state index contributed by atoms with van der Waals surface area (Å²) in [5.74, 6) is 2.73. The average Bonchev–Trinajstić information content (AvgIpc) is 3.59. The Kier molecular flexibility index (Phi) is 7.17. The molecule has 4 rings (SSSR count). The van der Waals surface area contributed by atoms with Crippen molar-refractivity contribution in [1.82, 2.24) is 10.1 Å². The van der Waals surface area contributed by atoms with Gasteiger partial charge in [-0.1, -0.05) is 24.1 Å². The van der Waals surface area contributed by atoms with Gasteiger partial charge in [-0.3, -0.25) is 4.79 Å². The van der Waals surface area contributed by atoms with Crippen LogP contribution in [0.15, 0.2) is 51.6 Å². The number of hydrogen-bond donors (Lipinski definition) is 0. The molecule has 0 aliphatic heterocycles. The minimum absolute atomic E-state index is 0.0176. The number of nitrogens with zero attached hydrogens (tertiary/aromatic N) is 2. The predicted molar refractivity (Wildman–Crippen MR) is 124 cm³/mol. The highest BCUT2D eigenvalue weighted by atomic mass is 16.5. The summed E-state index contributed by atoms with van der Waals surface area (Å²) in [4.78, 5) is 15.0. The van der Waals surface area contributed by atoms with Gasteiger partial charge in [-0.15, -0.1) is 0 Å². The second-order valence-electron chi connectivity index (χ2n) is 8.32. The van der Waals surface area contributed by atoms with Crippen molar-refractivity contribution < 1.29 is 23.2 Å². The average molecular weight is 451 g/mol. The lowest BCUT2D eigenvalue weighted by Gasteiger charge is -2.27. The van der Waals surface area contributed by atoms with Crippen LogP contribution in [0.25, 0.3) is 6.08 Å². The molecule has 0 atom stereocenters. The maximum absolute atomic E-state index is 13.1. The third-order valence-corrected chi connectivity index (χ3v) is 6.11. The Labute approximate surface area is 194 Å². The summed E-state index contributed by atoms with van der Waals surface area (Å²) in [5, 5.41) is 3.95. The first-order valence-corrected chi connectivity index (χ1v) is 11.3. The van der Waals surface area contributed by atoms with Gasteiger partial charge in [0.15, 0.2) is 11.5 Å². The predicted octanol–water partition coefficient (Wildman–Crippen LogP) is 5.46. The molecule has 2 heterocycles. The van der Waals surface area contributed by atoms with Crippen molar-refractivity contribution in [3.8, 4) is 11.5 Å². The van der Waals surface area contributed by atoms with Gasteiger partial charge < -0.3 is 23.3 Å². The minimum atomic E-state index is -0.0176. The fourth-order valence-corrected chi connectivity index (χ4v) is 4.20.